The van der Waals surface area contributed by atoms with Gasteiger partial charge >= 0.3 is 0 Å². The van der Waals surface area contributed by atoms with Crippen LogP contribution < -0.4 is 5.56 Å². The monoisotopic (exact) mass is 592 g/mol. The van der Waals surface area contributed by atoms with Crippen LogP contribution >= 0.6 is 0 Å². The normalized spacial score (nSPS) is 11.2. The van der Waals surface area contributed by atoms with E-state index in [1.54, 1.807) is 28.0 Å². The quantitative estimate of drug-likeness (QED) is 0.205. The number of hydrogen-bond acceptors (Lipinski definition) is 7. The molecule has 10 heteroatoms. The third-order valence-corrected chi connectivity index (χ3v) is 7.45. The van der Waals surface area contributed by atoms with Gasteiger partial charge in [0, 0.05) is 49.4 Å². The lowest BCUT2D eigenvalue weighted by Crippen LogP contribution is -2.33. The minimum atomic E-state index is -0.547. The van der Waals surface area contributed by atoms with E-state index in [4.69, 9.17) is 0 Å². The highest BCUT2D eigenvalue weighted by Gasteiger charge is 2.24. The number of pyridine rings is 1. The molecular formula is C33H48N6O4. The van der Waals surface area contributed by atoms with Crippen LogP contribution in [0.5, 0.6) is 5.88 Å². The zero-order valence-corrected chi connectivity index (χ0v) is 26.9. The van der Waals surface area contributed by atoms with Crippen LogP contribution in [0.4, 0.5) is 11.4 Å². The van der Waals surface area contributed by atoms with E-state index in [1.165, 1.54) is 0 Å². The summed E-state index contributed by atoms with van der Waals surface area (Å²) in [6, 6.07) is 6.80. The van der Waals surface area contributed by atoms with E-state index < -0.39 is 5.56 Å². The molecular weight excluding hydrogens is 544 g/mol. The van der Waals surface area contributed by atoms with Gasteiger partial charge in [-0.1, -0.05) is 53.9 Å². The highest BCUT2D eigenvalue weighted by molar-refractivity contribution is 6.01. The van der Waals surface area contributed by atoms with Crippen molar-refractivity contribution < 1.29 is 14.7 Å². The maximum Gasteiger partial charge on any atom is 0.281 e. The zero-order chi connectivity index (χ0) is 32.1. The first-order chi connectivity index (χ1) is 20.6. The molecule has 1 aromatic heterocycles. The van der Waals surface area contributed by atoms with Crippen molar-refractivity contribution >= 4 is 23.2 Å². The highest BCUT2D eigenvalue weighted by atomic mass is 16.3. The minimum absolute atomic E-state index is 0.0107. The largest absolute Gasteiger partial charge is 0.493 e. The SMILES string of the molecule is CCCCN(CC)C(=O)c1cc(N=Nc2c(C(C)C)c(C#N)c(O)n(CCCC)c2=O)cc(C(=O)N(CC)CCCC)c1. The van der Waals surface area contributed by atoms with Crippen LogP contribution in [0.15, 0.2) is 33.2 Å². The molecule has 0 aliphatic carbocycles. The van der Waals surface area contributed by atoms with E-state index in [0.717, 1.165) is 36.7 Å². The number of nitrogens with zero attached hydrogens (tertiary/aromatic N) is 6. The van der Waals surface area contributed by atoms with Gasteiger partial charge in [0.1, 0.15) is 11.6 Å². The molecule has 0 saturated carbocycles. The number of hydrogen-bond donors (Lipinski definition) is 1. The Morgan fingerprint density at radius 3 is 1.81 bits per heavy atom. The second kappa shape index (κ2) is 17.2. The number of aromatic nitrogens is 1. The molecule has 2 amide bonds. The molecule has 0 spiro atoms. The number of carbonyl (C=O) groups excluding carboxylic acids is 2. The molecule has 1 heterocycles. The maximum absolute atomic E-state index is 13.6. The Kier molecular flexibility index (Phi) is 14.1. The van der Waals surface area contributed by atoms with Gasteiger partial charge in [-0.3, -0.25) is 19.0 Å². The van der Waals surface area contributed by atoms with Crippen molar-refractivity contribution in [3.8, 4) is 11.9 Å². The van der Waals surface area contributed by atoms with Gasteiger partial charge < -0.3 is 14.9 Å². The molecule has 43 heavy (non-hydrogen) atoms. The van der Waals surface area contributed by atoms with Crippen LogP contribution in [0.2, 0.25) is 0 Å². The smallest absolute Gasteiger partial charge is 0.281 e. The topological polar surface area (TPSA) is 131 Å². The van der Waals surface area contributed by atoms with E-state index in [9.17, 15) is 24.8 Å². The van der Waals surface area contributed by atoms with Gasteiger partial charge in [-0.15, -0.1) is 5.11 Å². The zero-order valence-electron chi connectivity index (χ0n) is 26.9. The van der Waals surface area contributed by atoms with Crippen molar-refractivity contribution in [2.24, 2.45) is 10.2 Å². The molecule has 10 nitrogen and oxygen atoms in total. The van der Waals surface area contributed by atoms with Crippen LogP contribution in [-0.4, -0.2) is 57.5 Å². The summed E-state index contributed by atoms with van der Waals surface area (Å²) in [5, 5.41) is 29.4. The molecule has 1 aromatic carbocycles. The van der Waals surface area contributed by atoms with E-state index >= 15 is 0 Å². The second-order valence-electron chi connectivity index (χ2n) is 11.0. The summed E-state index contributed by atoms with van der Waals surface area (Å²) >= 11 is 0. The Morgan fingerprint density at radius 1 is 0.884 bits per heavy atom. The van der Waals surface area contributed by atoms with Gasteiger partial charge in [0.25, 0.3) is 17.4 Å². The maximum atomic E-state index is 13.6. The van der Waals surface area contributed by atoms with Crippen molar-refractivity contribution in [1.29, 1.82) is 5.26 Å². The summed E-state index contributed by atoms with van der Waals surface area (Å²) in [7, 11) is 0. The van der Waals surface area contributed by atoms with E-state index in [0.29, 0.717) is 49.3 Å². The Labute approximate surface area is 256 Å². The number of azo groups is 1. The Hall–Kier alpha value is -4.00. The molecule has 0 atom stereocenters. The Bertz CT molecular complexity index is 1340. The number of rotatable bonds is 16. The molecule has 0 unspecified atom stereocenters. The van der Waals surface area contributed by atoms with Crippen molar-refractivity contribution in [2.75, 3.05) is 26.2 Å². The fourth-order valence-electron chi connectivity index (χ4n) is 4.90. The number of benzene rings is 1. The molecule has 0 aliphatic heterocycles. The predicted octanol–water partition coefficient (Wildman–Crippen LogP) is 7.29. The van der Waals surface area contributed by atoms with E-state index in [-0.39, 0.29) is 47.1 Å². The van der Waals surface area contributed by atoms with Gasteiger partial charge in [0.05, 0.1) is 5.69 Å². The van der Waals surface area contributed by atoms with Crippen molar-refractivity contribution in [2.45, 2.75) is 99.5 Å². The van der Waals surface area contributed by atoms with Gasteiger partial charge in [0.2, 0.25) is 5.88 Å². The Balaban J connectivity index is 2.77. The van der Waals surface area contributed by atoms with Gasteiger partial charge in [-0.2, -0.15) is 10.4 Å². The van der Waals surface area contributed by atoms with Crippen LogP contribution in [-0.2, 0) is 6.54 Å². The molecule has 2 rings (SSSR count). The molecule has 234 valence electrons. The first-order valence-electron chi connectivity index (χ1n) is 15.6. The highest BCUT2D eigenvalue weighted by Crippen LogP contribution is 2.34. The van der Waals surface area contributed by atoms with Crippen LogP contribution in [0.1, 0.15) is 125 Å². The van der Waals surface area contributed by atoms with Crippen LogP contribution in [0.3, 0.4) is 0 Å². The summed E-state index contributed by atoms with van der Waals surface area (Å²) in [4.78, 5) is 44.2. The molecule has 0 radical (unpaired) electrons. The fraction of sp³-hybridized carbons (Fsp3) is 0.576. The second-order valence-corrected chi connectivity index (χ2v) is 11.0. The lowest BCUT2D eigenvalue weighted by molar-refractivity contribution is 0.0761. The average Bonchev–Trinajstić information content (AvgIpc) is 3.00. The number of nitriles is 1. The van der Waals surface area contributed by atoms with Crippen LogP contribution in [0.25, 0.3) is 0 Å². The number of amides is 2. The third-order valence-electron chi connectivity index (χ3n) is 7.45. The fourth-order valence-corrected chi connectivity index (χ4v) is 4.90. The molecule has 0 aliphatic rings. The van der Waals surface area contributed by atoms with E-state index in [2.05, 4.69) is 24.1 Å². The standard InChI is InChI=1S/C33H48N6O4/c1-8-13-16-37(11-4)30(40)24-19-25(31(41)38(12-5)17-14-9-2)21-26(20-24)35-36-29-28(23(6)7)27(22-34)32(42)39(33(29)43)18-15-10-3/h19-21,23,42H,8-18H2,1-7H3. The summed E-state index contributed by atoms with van der Waals surface area (Å²) in [6.45, 7) is 16.0. The summed E-state index contributed by atoms with van der Waals surface area (Å²) in [6.07, 6.45) is 5.01. The molecule has 1 N–H and O–H groups in total. The lowest BCUT2D eigenvalue weighted by Gasteiger charge is -2.23. The summed E-state index contributed by atoms with van der Waals surface area (Å²) in [5.41, 5.74) is 0.583. The molecule has 0 bridgehead atoms. The van der Waals surface area contributed by atoms with Crippen molar-refractivity contribution in [1.82, 2.24) is 14.4 Å². The van der Waals surface area contributed by atoms with Gasteiger partial charge in [0.15, 0.2) is 5.69 Å². The average molecular weight is 593 g/mol. The molecule has 2 aromatic rings. The van der Waals surface area contributed by atoms with Gasteiger partial charge in [-0.05, 0) is 57.2 Å². The Morgan fingerprint density at radius 2 is 1.40 bits per heavy atom. The van der Waals surface area contributed by atoms with Gasteiger partial charge in [-0.25, -0.2) is 0 Å². The van der Waals surface area contributed by atoms with Crippen LogP contribution in [0, 0.1) is 11.3 Å². The summed E-state index contributed by atoms with van der Waals surface area (Å²) in [5.74, 6) is -1.09. The number of aromatic hydroxyl groups is 1. The molecule has 0 fully saturated rings. The first-order valence-corrected chi connectivity index (χ1v) is 15.6. The number of carbonyl (C=O) groups is 2. The van der Waals surface area contributed by atoms with Crippen molar-refractivity contribution in [3.05, 3.63) is 50.8 Å². The van der Waals surface area contributed by atoms with Crippen molar-refractivity contribution in [3.63, 3.8) is 0 Å². The third kappa shape index (κ3) is 8.76. The predicted molar refractivity (Wildman–Crippen MR) is 170 cm³/mol. The lowest BCUT2D eigenvalue weighted by atomic mass is 9.97. The first kappa shape index (κ1) is 35.2. The molecule has 0 saturated heterocycles. The minimum Gasteiger partial charge on any atom is -0.493 e. The number of unbranched alkanes of at least 4 members (excludes halogenated alkanes) is 3. The van der Waals surface area contributed by atoms with E-state index in [1.807, 2.05) is 40.7 Å². The summed E-state index contributed by atoms with van der Waals surface area (Å²) < 4.78 is 1.16.